The molecule has 0 saturated carbocycles. The number of carbonyl (C=O) groups excluding carboxylic acids is 1. The van der Waals surface area contributed by atoms with Crippen molar-refractivity contribution in [1.29, 1.82) is 0 Å². The molecule has 0 saturated heterocycles. The van der Waals surface area contributed by atoms with Crippen molar-refractivity contribution in [3.63, 3.8) is 0 Å². The van der Waals surface area contributed by atoms with Crippen molar-refractivity contribution in [2.24, 2.45) is 4.99 Å². The van der Waals surface area contributed by atoms with Crippen LogP contribution in [0, 0.1) is 13.8 Å². The molecular formula is C17H20N2O3S. The molecule has 6 heteroatoms. The number of amides is 1. The molecule has 0 N–H and O–H groups in total. The number of aromatic nitrogens is 1. The van der Waals surface area contributed by atoms with Crippen LogP contribution < -0.4 is 4.80 Å². The van der Waals surface area contributed by atoms with Crippen molar-refractivity contribution in [1.82, 2.24) is 4.57 Å². The lowest BCUT2D eigenvalue weighted by Crippen LogP contribution is -2.20. The number of thiazole rings is 1. The molecule has 0 spiro atoms. The minimum Gasteiger partial charge on any atom is -0.494 e. The molecule has 0 fully saturated rings. The van der Waals surface area contributed by atoms with E-state index in [-0.39, 0.29) is 5.76 Å². The van der Waals surface area contributed by atoms with E-state index in [4.69, 9.17) is 9.47 Å². The number of carbonyl (C=O) groups is 1. The lowest BCUT2D eigenvalue weighted by atomic mass is 10.1. The number of fused-ring (bicyclic) bond motifs is 1. The Hall–Kier alpha value is -2.08. The summed E-state index contributed by atoms with van der Waals surface area (Å²) < 4.78 is 13.7. The second-order valence-electron chi connectivity index (χ2n) is 5.56. The van der Waals surface area contributed by atoms with E-state index in [0.29, 0.717) is 18.0 Å². The Balaban J connectivity index is 2.12. The van der Waals surface area contributed by atoms with E-state index in [0.717, 1.165) is 23.2 Å². The Morgan fingerprint density at radius 2 is 2.09 bits per heavy atom. The summed E-state index contributed by atoms with van der Waals surface area (Å²) in [6.07, 6.45) is 2.32. The quantitative estimate of drug-likeness (QED) is 0.868. The van der Waals surface area contributed by atoms with E-state index in [2.05, 4.69) is 42.5 Å². The van der Waals surface area contributed by atoms with Gasteiger partial charge in [0.1, 0.15) is 19.5 Å². The fourth-order valence-electron chi connectivity index (χ4n) is 2.47. The van der Waals surface area contributed by atoms with Gasteiger partial charge >= 0.3 is 5.91 Å². The number of hydrogen-bond donors (Lipinski definition) is 0. The average molecular weight is 332 g/mol. The van der Waals surface area contributed by atoms with Gasteiger partial charge in [0, 0.05) is 6.54 Å². The topological polar surface area (TPSA) is 52.8 Å². The zero-order chi connectivity index (χ0) is 16.4. The molecule has 0 unspecified atom stereocenters. The SMILES string of the molecule is CCCn1c(=NC(=O)C2=COCCO2)sc2cc(C)c(C)cc21. The molecule has 1 aliphatic heterocycles. The smallest absolute Gasteiger partial charge is 0.317 e. The van der Waals surface area contributed by atoms with E-state index >= 15 is 0 Å². The van der Waals surface area contributed by atoms with Gasteiger partial charge in [0.2, 0.25) is 5.76 Å². The predicted octanol–water partition coefficient (Wildman–Crippen LogP) is 3.05. The minimum atomic E-state index is -0.394. The molecule has 1 aromatic heterocycles. The second-order valence-corrected chi connectivity index (χ2v) is 6.57. The first kappa shape index (κ1) is 15.8. The molecular weight excluding hydrogens is 312 g/mol. The van der Waals surface area contributed by atoms with Crippen molar-refractivity contribution in [3.8, 4) is 0 Å². The maximum atomic E-state index is 12.3. The van der Waals surface area contributed by atoms with Crippen molar-refractivity contribution >= 4 is 27.5 Å². The Labute approximate surface area is 138 Å². The molecule has 0 aliphatic carbocycles. The minimum absolute atomic E-state index is 0.170. The van der Waals surface area contributed by atoms with Crippen LogP contribution in [0.15, 0.2) is 29.1 Å². The highest BCUT2D eigenvalue weighted by Gasteiger charge is 2.15. The highest BCUT2D eigenvalue weighted by atomic mass is 32.1. The van der Waals surface area contributed by atoms with Crippen LogP contribution in [-0.2, 0) is 20.8 Å². The molecule has 23 heavy (non-hydrogen) atoms. The van der Waals surface area contributed by atoms with E-state index in [9.17, 15) is 4.79 Å². The van der Waals surface area contributed by atoms with Gasteiger partial charge in [-0.25, -0.2) is 0 Å². The zero-order valence-corrected chi connectivity index (χ0v) is 14.4. The standard InChI is InChI=1S/C17H20N2O3S/c1-4-5-19-13-8-11(2)12(3)9-15(13)23-17(19)18-16(20)14-10-21-6-7-22-14/h8-10H,4-7H2,1-3H3. The van der Waals surface area contributed by atoms with Crippen LogP contribution in [0.3, 0.4) is 0 Å². The lowest BCUT2D eigenvalue weighted by Gasteiger charge is -2.12. The van der Waals surface area contributed by atoms with Crippen LogP contribution >= 0.6 is 11.3 Å². The monoisotopic (exact) mass is 332 g/mol. The van der Waals surface area contributed by atoms with Crippen molar-refractivity contribution in [2.75, 3.05) is 13.2 Å². The Morgan fingerprint density at radius 3 is 2.78 bits per heavy atom. The van der Waals surface area contributed by atoms with E-state index in [1.54, 1.807) is 0 Å². The van der Waals surface area contributed by atoms with Crippen LogP contribution in [0.2, 0.25) is 0 Å². The lowest BCUT2D eigenvalue weighted by molar-refractivity contribution is -0.119. The summed E-state index contributed by atoms with van der Waals surface area (Å²) in [6.45, 7) is 7.98. The predicted molar refractivity (Wildman–Crippen MR) is 90.1 cm³/mol. The van der Waals surface area contributed by atoms with Gasteiger partial charge in [-0.3, -0.25) is 4.79 Å². The normalized spacial score (nSPS) is 15.3. The molecule has 3 rings (SSSR count). The van der Waals surface area contributed by atoms with Crippen molar-refractivity contribution in [3.05, 3.63) is 40.1 Å². The summed E-state index contributed by atoms with van der Waals surface area (Å²) in [7, 11) is 0. The molecule has 1 aromatic carbocycles. The second kappa shape index (κ2) is 6.58. The molecule has 0 atom stereocenters. The first-order valence-electron chi connectivity index (χ1n) is 7.74. The summed E-state index contributed by atoms with van der Waals surface area (Å²) in [6, 6.07) is 4.32. The third-order valence-corrected chi connectivity index (χ3v) is 4.84. The van der Waals surface area contributed by atoms with E-state index in [1.165, 1.54) is 28.7 Å². The molecule has 0 bridgehead atoms. The Bertz CT molecular complexity index is 845. The molecule has 1 aliphatic rings. The fourth-order valence-corrected chi connectivity index (χ4v) is 3.60. The average Bonchev–Trinajstić information content (AvgIpc) is 2.86. The van der Waals surface area contributed by atoms with Crippen LogP contribution in [0.25, 0.3) is 10.2 Å². The summed E-state index contributed by atoms with van der Waals surface area (Å²) >= 11 is 1.53. The number of aryl methyl sites for hydroxylation is 3. The van der Waals surface area contributed by atoms with Crippen molar-refractivity contribution in [2.45, 2.75) is 33.7 Å². The van der Waals surface area contributed by atoms with Gasteiger partial charge in [-0.1, -0.05) is 18.3 Å². The maximum Gasteiger partial charge on any atom is 0.317 e. The molecule has 5 nitrogen and oxygen atoms in total. The number of benzene rings is 1. The fraction of sp³-hybridized carbons (Fsp3) is 0.412. The Kier molecular flexibility index (Phi) is 4.52. The van der Waals surface area contributed by atoms with Crippen molar-refractivity contribution < 1.29 is 14.3 Å². The van der Waals surface area contributed by atoms with Crippen LogP contribution in [-0.4, -0.2) is 23.7 Å². The largest absolute Gasteiger partial charge is 0.494 e. The highest BCUT2D eigenvalue weighted by molar-refractivity contribution is 7.16. The third kappa shape index (κ3) is 3.17. The van der Waals surface area contributed by atoms with Gasteiger partial charge in [0.15, 0.2) is 4.80 Å². The molecule has 2 aromatic rings. The first-order valence-corrected chi connectivity index (χ1v) is 8.56. The number of hydrogen-bond acceptors (Lipinski definition) is 4. The van der Waals surface area contributed by atoms with Gasteiger partial charge in [0.05, 0.1) is 10.2 Å². The van der Waals surface area contributed by atoms with Gasteiger partial charge in [-0.15, -0.1) is 0 Å². The summed E-state index contributed by atoms with van der Waals surface area (Å²) in [5, 5.41) is 0. The van der Waals surface area contributed by atoms with Gasteiger partial charge in [-0.2, -0.15) is 4.99 Å². The number of ether oxygens (including phenoxy) is 2. The summed E-state index contributed by atoms with van der Waals surface area (Å²) in [5.41, 5.74) is 3.61. The molecule has 0 radical (unpaired) electrons. The number of nitrogens with zero attached hydrogens (tertiary/aromatic N) is 2. The van der Waals surface area contributed by atoms with E-state index < -0.39 is 5.91 Å². The maximum absolute atomic E-state index is 12.3. The van der Waals surface area contributed by atoms with E-state index in [1.807, 2.05) is 0 Å². The molecule has 1 amide bonds. The third-order valence-electron chi connectivity index (χ3n) is 3.80. The van der Waals surface area contributed by atoms with Gasteiger partial charge in [-0.05, 0) is 43.5 Å². The number of rotatable bonds is 3. The summed E-state index contributed by atoms with van der Waals surface area (Å²) in [5.74, 6) is -0.223. The summed E-state index contributed by atoms with van der Waals surface area (Å²) in [4.78, 5) is 17.3. The highest BCUT2D eigenvalue weighted by Crippen LogP contribution is 2.22. The van der Waals surface area contributed by atoms with Crippen LogP contribution in [0.4, 0.5) is 0 Å². The van der Waals surface area contributed by atoms with Gasteiger partial charge in [0.25, 0.3) is 0 Å². The molecule has 122 valence electrons. The first-order chi connectivity index (χ1) is 11.1. The van der Waals surface area contributed by atoms with Crippen LogP contribution in [0.5, 0.6) is 0 Å². The molecule has 2 heterocycles. The zero-order valence-electron chi connectivity index (χ0n) is 13.6. The van der Waals surface area contributed by atoms with Gasteiger partial charge < -0.3 is 14.0 Å². The van der Waals surface area contributed by atoms with Crippen LogP contribution in [0.1, 0.15) is 24.5 Å². The Morgan fingerprint density at radius 1 is 1.30 bits per heavy atom.